The fraction of sp³-hybridized carbons (Fsp3) is 0.533. The molecule has 1 aliphatic rings. The zero-order valence-corrected chi connectivity index (χ0v) is 12.1. The molecule has 0 bridgehead atoms. The third kappa shape index (κ3) is 3.95. The lowest BCUT2D eigenvalue weighted by molar-refractivity contribution is 0.111. The van der Waals surface area contributed by atoms with E-state index in [9.17, 15) is 4.79 Å². The van der Waals surface area contributed by atoms with E-state index in [4.69, 9.17) is 5.73 Å². The summed E-state index contributed by atoms with van der Waals surface area (Å²) in [5.41, 5.74) is 6.28. The lowest BCUT2D eigenvalue weighted by Gasteiger charge is -2.42. The van der Waals surface area contributed by atoms with Crippen LogP contribution in [0.4, 0.5) is 4.79 Å². The molecule has 5 heteroatoms. The van der Waals surface area contributed by atoms with Gasteiger partial charge in [-0.25, -0.2) is 4.79 Å². The fourth-order valence-corrected chi connectivity index (χ4v) is 2.85. The molecule has 2 amide bonds. The molecule has 0 aromatic heterocycles. The largest absolute Gasteiger partial charge is 0.352 e. The van der Waals surface area contributed by atoms with E-state index in [0.29, 0.717) is 0 Å². The van der Waals surface area contributed by atoms with Crippen LogP contribution in [-0.4, -0.2) is 36.2 Å². The number of primary amides is 1. The maximum absolute atomic E-state index is 11.2. The van der Waals surface area contributed by atoms with Crippen LogP contribution in [0.1, 0.15) is 25.3 Å². The smallest absolute Gasteiger partial charge is 0.313 e. The molecule has 0 radical (unpaired) electrons. The molecule has 1 saturated heterocycles. The number of amides is 2. The van der Waals surface area contributed by atoms with Crippen molar-refractivity contribution in [2.24, 2.45) is 5.73 Å². The standard InChI is InChI=1S/C15H24N4O/c1-2-17-15(18-14(16)20)8-10-19(11-9-15)12-13-6-4-3-5-7-13/h3-7,17H,2,8-12H2,1H3,(H3,16,18,20). The highest BCUT2D eigenvalue weighted by molar-refractivity contribution is 5.72. The number of benzene rings is 1. The quantitative estimate of drug-likeness (QED) is 0.709. The summed E-state index contributed by atoms with van der Waals surface area (Å²) in [4.78, 5) is 13.6. The molecule has 2 rings (SSSR count). The Bertz CT molecular complexity index is 427. The van der Waals surface area contributed by atoms with Gasteiger partial charge in [0.05, 0.1) is 5.66 Å². The second kappa shape index (κ2) is 6.72. The van der Waals surface area contributed by atoms with Crippen molar-refractivity contribution in [3.05, 3.63) is 35.9 Å². The molecule has 110 valence electrons. The number of nitrogens with one attached hydrogen (secondary N) is 2. The Hall–Kier alpha value is -1.59. The van der Waals surface area contributed by atoms with Crippen LogP contribution in [0.3, 0.4) is 0 Å². The van der Waals surface area contributed by atoms with Gasteiger partial charge in [-0.15, -0.1) is 0 Å². The van der Waals surface area contributed by atoms with E-state index in [-0.39, 0.29) is 5.66 Å². The van der Waals surface area contributed by atoms with E-state index in [1.165, 1.54) is 5.56 Å². The Morgan fingerprint density at radius 2 is 1.95 bits per heavy atom. The summed E-state index contributed by atoms with van der Waals surface area (Å²) in [6, 6.07) is 10.0. The first kappa shape index (κ1) is 14.8. The van der Waals surface area contributed by atoms with Crippen molar-refractivity contribution in [2.75, 3.05) is 19.6 Å². The molecule has 1 aromatic rings. The summed E-state index contributed by atoms with van der Waals surface area (Å²) in [6.07, 6.45) is 1.74. The van der Waals surface area contributed by atoms with Crippen molar-refractivity contribution < 1.29 is 4.79 Å². The second-order valence-corrected chi connectivity index (χ2v) is 5.36. The SMILES string of the molecule is CCNC1(NC(N)=O)CCN(Cc2ccccc2)CC1. The molecule has 1 heterocycles. The van der Waals surface area contributed by atoms with Crippen LogP contribution < -0.4 is 16.4 Å². The molecule has 0 spiro atoms. The van der Waals surface area contributed by atoms with Crippen molar-refractivity contribution in [2.45, 2.75) is 32.0 Å². The van der Waals surface area contributed by atoms with Crippen LogP contribution >= 0.6 is 0 Å². The van der Waals surface area contributed by atoms with E-state index in [0.717, 1.165) is 39.0 Å². The highest BCUT2D eigenvalue weighted by Gasteiger charge is 2.34. The topological polar surface area (TPSA) is 70.4 Å². The number of hydrogen-bond acceptors (Lipinski definition) is 3. The van der Waals surface area contributed by atoms with Crippen LogP contribution in [0.15, 0.2) is 30.3 Å². The number of likely N-dealkylation sites (tertiary alicyclic amines) is 1. The number of carbonyl (C=O) groups is 1. The molecule has 0 unspecified atom stereocenters. The van der Waals surface area contributed by atoms with E-state index < -0.39 is 6.03 Å². The molecular weight excluding hydrogens is 252 g/mol. The predicted octanol–water partition coefficient (Wildman–Crippen LogP) is 1.26. The van der Waals surface area contributed by atoms with Gasteiger partial charge in [-0.2, -0.15) is 0 Å². The summed E-state index contributed by atoms with van der Waals surface area (Å²) in [7, 11) is 0. The first-order valence-electron chi connectivity index (χ1n) is 7.22. The van der Waals surface area contributed by atoms with Crippen LogP contribution in [0, 0.1) is 0 Å². The molecule has 20 heavy (non-hydrogen) atoms. The van der Waals surface area contributed by atoms with E-state index in [1.807, 2.05) is 13.0 Å². The van der Waals surface area contributed by atoms with Crippen LogP contribution in [0.2, 0.25) is 0 Å². The summed E-state index contributed by atoms with van der Waals surface area (Å²) in [5.74, 6) is 0. The van der Waals surface area contributed by atoms with Crippen LogP contribution in [0.5, 0.6) is 0 Å². The van der Waals surface area contributed by atoms with Gasteiger partial charge < -0.3 is 11.1 Å². The number of piperidine rings is 1. The van der Waals surface area contributed by atoms with Gasteiger partial charge in [0, 0.05) is 19.6 Å². The summed E-state index contributed by atoms with van der Waals surface area (Å²) in [5, 5.41) is 6.26. The van der Waals surface area contributed by atoms with Gasteiger partial charge in [0.2, 0.25) is 0 Å². The lowest BCUT2D eigenvalue weighted by atomic mass is 9.96. The summed E-state index contributed by atoms with van der Waals surface area (Å²) in [6.45, 7) is 5.71. The van der Waals surface area contributed by atoms with Crippen molar-refractivity contribution in [3.8, 4) is 0 Å². The van der Waals surface area contributed by atoms with Crippen molar-refractivity contribution in [3.63, 3.8) is 0 Å². The molecule has 1 fully saturated rings. The predicted molar refractivity (Wildman–Crippen MR) is 80.1 cm³/mol. The molecule has 1 aromatic carbocycles. The Labute approximate surface area is 120 Å². The highest BCUT2D eigenvalue weighted by Crippen LogP contribution is 2.21. The number of hydrogen-bond donors (Lipinski definition) is 3. The van der Waals surface area contributed by atoms with E-state index in [1.54, 1.807) is 0 Å². The summed E-state index contributed by atoms with van der Waals surface area (Å²) < 4.78 is 0. The number of carbonyl (C=O) groups excluding carboxylic acids is 1. The summed E-state index contributed by atoms with van der Waals surface area (Å²) >= 11 is 0. The Morgan fingerprint density at radius 3 is 2.50 bits per heavy atom. The minimum Gasteiger partial charge on any atom is -0.352 e. The molecule has 0 saturated carbocycles. The third-order valence-electron chi connectivity index (χ3n) is 3.84. The van der Waals surface area contributed by atoms with Gasteiger partial charge in [0.25, 0.3) is 0 Å². The number of urea groups is 1. The van der Waals surface area contributed by atoms with Crippen molar-refractivity contribution >= 4 is 6.03 Å². The Kier molecular flexibility index (Phi) is 4.98. The normalized spacial score (nSPS) is 18.6. The minimum absolute atomic E-state index is 0.340. The lowest BCUT2D eigenvalue weighted by Crippen LogP contribution is -2.64. The number of rotatable bonds is 5. The first-order chi connectivity index (χ1) is 9.63. The van der Waals surface area contributed by atoms with Crippen molar-refractivity contribution in [1.29, 1.82) is 0 Å². The third-order valence-corrected chi connectivity index (χ3v) is 3.84. The number of nitrogens with two attached hydrogens (primary N) is 1. The average Bonchev–Trinajstić information content (AvgIpc) is 2.42. The molecule has 5 nitrogen and oxygen atoms in total. The highest BCUT2D eigenvalue weighted by atomic mass is 16.2. The molecular formula is C15H24N4O. The maximum Gasteiger partial charge on any atom is 0.313 e. The fourth-order valence-electron chi connectivity index (χ4n) is 2.85. The maximum atomic E-state index is 11.2. The average molecular weight is 276 g/mol. The zero-order valence-electron chi connectivity index (χ0n) is 12.1. The van der Waals surface area contributed by atoms with Gasteiger partial charge in [0.1, 0.15) is 0 Å². The van der Waals surface area contributed by atoms with Crippen LogP contribution in [0.25, 0.3) is 0 Å². The van der Waals surface area contributed by atoms with Gasteiger partial charge in [0.15, 0.2) is 0 Å². The monoisotopic (exact) mass is 276 g/mol. The molecule has 0 aliphatic carbocycles. The van der Waals surface area contributed by atoms with Crippen LogP contribution in [-0.2, 0) is 6.54 Å². The van der Waals surface area contributed by atoms with E-state index in [2.05, 4.69) is 39.8 Å². The van der Waals surface area contributed by atoms with Gasteiger partial charge in [-0.3, -0.25) is 10.2 Å². The van der Waals surface area contributed by atoms with Crippen molar-refractivity contribution in [1.82, 2.24) is 15.5 Å². The van der Waals surface area contributed by atoms with E-state index >= 15 is 0 Å². The van der Waals surface area contributed by atoms with Gasteiger partial charge in [-0.05, 0) is 24.9 Å². The van der Waals surface area contributed by atoms with Gasteiger partial charge >= 0.3 is 6.03 Å². The Morgan fingerprint density at radius 1 is 1.30 bits per heavy atom. The molecule has 0 atom stereocenters. The molecule has 1 aliphatic heterocycles. The first-order valence-corrected chi connectivity index (χ1v) is 7.22. The minimum atomic E-state index is -0.456. The Balaban J connectivity index is 1.91. The number of nitrogens with zero attached hydrogens (tertiary/aromatic N) is 1. The molecule has 4 N–H and O–H groups in total. The zero-order chi connectivity index (χ0) is 14.4. The second-order valence-electron chi connectivity index (χ2n) is 5.36. The van der Waals surface area contributed by atoms with Gasteiger partial charge in [-0.1, -0.05) is 37.3 Å².